The number of aromatic nitrogens is 2. The van der Waals surface area contributed by atoms with E-state index in [1.54, 1.807) is 12.1 Å². The summed E-state index contributed by atoms with van der Waals surface area (Å²) in [4.78, 5) is 14.9. The van der Waals surface area contributed by atoms with Crippen LogP contribution < -0.4 is 0 Å². The average Bonchev–Trinajstić information content (AvgIpc) is 3.01. The highest BCUT2D eigenvalue weighted by molar-refractivity contribution is 5.79. The van der Waals surface area contributed by atoms with E-state index in [-0.39, 0.29) is 18.0 Å². The molecule has 0 unspecified atom stereocenters. The molecule has 0 atom stereocenters. The summed E-state index contributed by atoms with van der Waals surface area (Å²) >= 11 is 0. The Labute approximate surface area is 96.7 Å². The van der Waals surface area contributed by atoms with Crippen LogP contribution in [0.15, 0.2) is 18.2 Å². The van der Waals surface area contributed by atoms with E-state index in [0.29, 0.717) is 11.3 Å². The molecule has 5 heteroatoms. The SMILES string of the molecule is O=C(O)Cc1nc2c(F)cccc2n1C1CC1. The van der Waals surface area contributed by atoms with Gasteiger partial charge in [-0.3, -0.25) is 4.79 Å². The number of fused-ring (bicyclic) bond motifs is 1. The molecule has 1 aromatic heterocycles. The van der Waals surface area contributed by atoms with Crippen LogP contribution in [0.2, 0.25) is 0 Å². The number of imidazole rings is 1. The summed E-state index contributed by atoms with van der Waals surface area (Å²) in [6, 6.07) is 5.05. The maximum absolute atomic E-state index is 13.6. The summed E-state index contributed by atoms with van der Waals surface area (Å²) in [6.45, 7) is 0. The predicted octanol–water partition coefficient (Wildman–Crippen LogP) is 2.14. The van der Waals surface area contributed by atoms with Gasteiger partial charge in [-0.15, -0.1) is 0 Å². The summed E-state index contributed by atoms with van der Waals surface area (Å²) in [5.74, 6) is -0.892. The molecule has 1 N–H and O–H groups in total. The highest BCUT2D eigenvalue weighted by atomic mass is 19.1. The number of rotatable bonds is 3. The Morgan fingerprint density at radius 3 is 2.94 bits per heavy atom. The molecule has 0 radical (unpaired) electrons. The van der Waals surface area contributed by atoms with Gasteiger partial charge in [0.25, 0.3) is 0 Å². The zero-order valence-corrected chi connectivity index (χ0v) is 9.06. The third kappa shape index (κ3) is 1.67. The van der Waals surface area contributed by atoms with Crippen LogP contribution in [0.4, 0.5) is 4.39 Å². The molecule has 0 saturated heterocycles. The Hall–Kier alpha value is -1.91. The van der Waals surface area contributed by atoms with Crippen molar-refractivity contribution < 1.29 is 14.3 Å². The van der Waals surface area contributed by atoms with Crippen molar-refractivity contribution in [2.45, 2.75) is 25.3 Å². The molecule has 88 valence electrons. The normalized spacial score (nSPS) is 15.4. The maximum atomic E-state index is 13.6. The van der Waals surface area contributed by atoms with Crippen molar-refractivity contribution in [3.63, 3.8) is 0 Å². The molecule has 1 saturated carbocycles. The molecule has 17 heavy (non-hydrogen) atoms. The van der Waals surface area contributed by atoms with E-state index in [9.17, 15) is 9.18 Å². The highest BCUT2D eigenvalue weighted by Crippen LogP contribution is 2.39. The minimum Gasteiger partial charge on any atom is -0.481 e. The van der Waals surface area contributed by atoms with Crippen molar-refractivity contribution in [1.82, 2.24) is 9.55 Å². The van der Waals surface area contributed by atoms with Gasteiger partial charge in [0, 0.05) is 6.04 Å². The van der Waals surface area contributed by atoms with Crippen LogP contribution in [-0.4, -0.2) is 20.6 Å². The van der Waals surface area contributed by atoms with Crippen LogP contribution in [0.1, 0.15) is 24.7 Å². The highest BCUT2D eigenvalue weighted by Gasteiger charge is 2.29. The fourth-order valence-corrected chi connectivity index (χ4v) is 2.13. The van der Waals surface area contributed by atoms with Gasteiger partial charge in [-0.05, 0) is 25.0 Å². The molecule has 2 aromatic rings. The smallest absolute Gasteiger partial charge is 0.311 e. The molecule has 0 bridgehead atoms. The van der Waals surface area contributed by atoms with Crippen LogP contribution >= 0.6 is 0 Å². The second kappa shape index (κ2) is 3.55. The zero-order chi connectivity index (χ0) is 12.0. The summed E-state index contributed by atoms with van der Waals surface area (Å²) < 4.78 is 15.4. The van der Waals surface area contributed by atoms with Crippen molar-refractivity contribution in [3.8, 4) is 0 Å². The van der Waals surface area contributed by atoms with E-state index >= 15 is 0 Å². The van der Waals surface area contributed by atoms with Crippen molar-refractivity contribution in [1.29, 1.82) is 0 Å². The minimum absolute atomic E-state index is 0.162. The lowest BCUT2D eigenvalue weighted by molar-refractivity contribution is -0.136. The molecule has 1 aromatic carbocycles. The van der Waals surface area contributed by atoms with Gasteiger partial charge in [0.15, 0.2) is 5.82 Å². The Balaban J connectivity index is 2.22. The van der Waals surface area contributed by atoms with Gasteiger partial charge in [0.2, 0.25) is 0 Å². The zero-order valence-electron chi connectivity index (χ0n) is 9.06. The fourth-order valence-electron chi connectivity index (χ4n) is 2.13. The third-order valence-corrected chi connectivity index (χ3v) is 2.97. The fraction of sp³-hybridized carbons (Fsp3) is 0.333. The number of halogens is 1. The number of para-hydroxylation sites is 1. The first-order valence-electron chi connectivity index (χ1n) is 5.54. The molecule has 0 amide bonds. The molecule has 4 nitrogen and oxygen atoms in total. The first kappa shape index (κ1) is 10.3. The van der Waals surface area contributed by atoms with E-state index < -0.39 is 11.8 Å². The first-order chi connectivity index (χ1) is 8.16. The van der Waals surface area contributed by atoms with Crippen LogP contribution in [0.3, 0.4) is 0 Å². The summed E-state index contributed by atoms with van der Waals surface area (Å²) in [5, 5.41) is 8.84. The number of hydrogen-bond donors (Lipinski definition) is 1. The van der Waals surface area contributed by atoms with Crippen LogP contribution in [0.25, 0.3) is 11.0 Å². The van der Waals surface area contributed by atoms with Gasteiger partial charge < -0.3 is 9.67 Å². The first-order valence-corrected chi connectivity index (χ1v) is 5.54. The number of benzene rings is 1. The lowest BCUT2D eigenvalue weighted by Crippen LogP contribution is -2.08. The summed E-state index contributed by atoms with van der Waals surface area (Å²) in [7, 11) is 0. The van der Waals surface area contributed by atoms with Crippen molar-refractivity contribution in [3.05, 3.63) is 29.8 Å². The lowest BCUT2D eigenvalue weighted by Gasteiger charge is -2.05. The quantitative estimate of drug-likeness (QED) is 0.885. The Bertz CT molecular complexity index is 602. The van der Waals surface area contributed by atoms with E-state index in [0.717, 1.165) is 12.8 Å². The number of hydrogen-bond acceptors (Lipinski definition) is 2. The average molecular weight is 234 g/mol. The molecule has 1 aliphatic rings. The Morgan fingerprint density at radius 1 is 1.53 bits per heavy atom. The van der Waals surface area contributed by atoms with Crippen LogP contribution in [0.5, 0.6) is 0 Å². The van der Waals surface area contributed by atoms with Gasteiger partial charge in [-0.25, -0.2) is 9.37 Å². The van der Waals surface area contributed by atoms with Crippen LogP contribution in [0, 0.1) is 5.82 Å². The Kier molecular flexibility index (Phi) is 2.14. The summed E-state index contributed by atoms with van der Waals surface area (Å²) in [5.41, 5.74) is 0.972. The lowest BCUT2D eigenvalue weighted by atomic mass is 10.3. The molecule has 0 spiro atoms. The second-order valence-electron chi connectivity index (χ2n) is 4.31. The van der Waals surface area contributed by atoms with Gasteiger partial charge in [0.1, 0.15) is 17.8 Å². The third-order valence-electron chi connectivity index (χ3n) is 2.97. The minimum atomic E-state index is -0.942. The van der Waals surface area contributed by atoms with E-state index in [1.807, 2.05) is 4.57 Å². The van der Waals surface area contributed by atoms with Gasteiger partial charge in [0.05, 0.1) is 5.52 Å². The molecule has 0 aliphatic heterocycles. The van der Waals surface area contributed by atoms with Crippen molar-refractivity contribution in [2.75, 3.05) is 0 Å². The van der Waals surface area contributed by atoms with Gasteiger partial charge in [-0.2, -0.15) is 0 Å². The van der Waals surface area contributed by atoms with E-state index in [2.05, 4.69) is 4.98 Å². The summed E-state index contributed by atoms with van der Waals surface area (Å²) in [6.07, 6.45) is 1.85. The standard InChI is InChI=1S/C12H11FN2O2/c13-8-2-1-3-9-12(8)14-10(6-11(16)17)15(9)7-4-5-7/h1-3,7H,4-6H2,(H,16,17). The maximum Gasteiger partial charge on any atom is 0.311 e. The van der Waals surface area contributed by atoms with Crippen LogP contribution in [-0.2, 0) is 11.2 Å². The van der Waals surface area contributed by atoms with E-state index in [1.165, 1.54) is 6.07 Å². The number of nitrogens with zero attached hydrogens (tertiary/aromatic N) is 2. The molecule has 1 aliphatic carbocycles. The second-order valence-corrected chi connectivity index (χ2v) is 4.31. The monoisotopic (exact) mass is 234 g/mol. The molecule has 1 fully saturated rings. The number of aliphatic carboxylic acids is 1. The number of carboxylic acid groups (broad SMARTS) is 1. The van der Waals surface area contributed by atoms with Gasteiger partial charge in [-0.1, -0.05) is 6.07 Å². The predicted molar refractivity (Wildman–Crippen MR) is 59.3 cm³/mol. The van der Waals surface area contributed by atoms with E-state index in [4.69, 9.17) is 5.11 Å². The largest absolute Gasteiger partial charge is 0.481 e. The molecule has 3 rings (SSSR count). The van der Waals surface area contributed by atoms with Crippen molar-refractivity contribution in [2.24, 2.45) is 0 Å². The number of carboxylic acids is 1. The Morgan fingerprint density at radius 2 is 2.29 bits per heavy atom. The topological polar surface area (TPSA) is 55.1 Å². The molecular formula is C12H11FN2O2. The molecular weight excluding hydrogens is 223 g/mol. The van der Waals surface area contributed by atoms with Gasteiger partial charge >= 0.3 is 5.97 Å². The number of carbonyl (C=O) groups is 1. The molecule has 1 heterocycles. The van der Waals surface area contributed by atoms with Crippen molar-refractivity contribution >= 4 is 17.0 Å².